The van der Waals surface area contributed by atoms with Gasteiger partial charge >= 0.3 is 7.60 Å². The highest BCUT2D eigenvalue weighted by Crippen LogP contribution is 2.52. The maximum absolute atomic E-state index is 12.7. The first kappa shape index (κ1) is 31.6. The van der Waals surface area contributed by atoms with Gasteiger partial charge < -0.3 is 14.4 Å². The molecule has 190 valence electrons. The molecule has 5 nitrogen and oxygen atoms in total. The smallest absolute Gasteiger partial charge is 0.342 e. The van der Waals surface area contributed by atoms with Crippen molar-refractivity contribution in [3.05, 3.63) is 46.6 Å². The van der Waals surface area contributed by atoms with Gasteiger partial charge in [-0.05, 0) is 93.9 Å². The minimum atomic E-state index is -3.43. The van der Waals surface area contributed by atoms with E-state index in [2.05, 4.69) is 58.2 Å². The SMILES string of the molecule is CCOP(=O)(OCC)C(C)C(=O)NC/C=C(\C)CC/C=C(\C)CC/C=C(\C)CCC=C(C)C. The van der Waals surface area contributed by atoms with Crippen LogP contribution < -0.4 is 5.32 Å². The molecule has 0 aliphatic heterocycles. The minimum absolute atomic E-state index is 0.243. The average molecular weight is 482 g/mol. The van der Waals surface area contributed by atoms with E-state index in [9.17, 15) is 9.36 Å². The molecule has 1 N–H and O–H groups in total. The topological polar surface area (TPSA) is 64.6 Å². The zero-order valence-corrected chi connectivity index (χ0v) is 23.2. The molecule has 0 heterocycles. The van der Waals surface area contributed by atoms with Gasteiger partial charge in [-0.3, -0.25) is 9.36 Å². The number of allylic oxidation sites excluding steroid dienone is 7. The molecule has 0 aromatic carbocycles. The fourth-order valence-electron chi connectivity index (χ4n) is 3.23. The maximum atomic E-state index is 12.7. The third-order valence-electron chi connectivity index (χ3n) is 5.35. The first-order valence-corrected chi connectivity index (χ1v) is 13.9. The maximum Gasteiger partial charge on any atom is 0.342 e. The summed E-state index contributed by atoms with van der Waals surface area (Å²) in [5.74, 6) is -0.316. The molecule has 0 rings (SSSR count). The lowest BCUT2D eigenvalue weighted by atomic mass is 10.0. The number of rotatable bonds is 17. The molecular weight excluding hydrogens is 433 g/mol. The van der Waals surface area contributed by atoms with Crippen LogP contribution in [0.4, 0.5) is 0 Å². The summed E-state index contributed by atoms with van der Waals surface area (Å²) in [6.07, 6.45) is 15.4. The summed E-state index contributed by atoms with van der Waals surface area (Å²) in [5, 5.41) is 2.82. The number of amides is 1. The van der Waals surface area contributed by atoms with Crippen molar-refractivity contribution in [2.75, 3.05) is 19.8 Å². The zero-order chi connectivity index (χ0) is 25.3. The van der Waals surface area contributed by atoms with Gasteiger partial charge in [-0.2, -0.15) is 0 Å². The van der Waals surface area contributed by atoms with Gasteiger partial charge in [0.25, 0.3) is 0 Å². The van der Waals surface area contributed by atoms with Crippen LogP contribution in [-0.2, 0) is 18.4 Å². The molecule has 33 heavy (non-hydrogen) atoms. The van der Waals surface area contributed by atoms with E-state index in [1.54, 1.807) is 20.8 Å². The molecule has 0 saturated heterocycles. The summed E-state index contributed by atoms with van der Waals surface area (Å²) >= 11 is 0. The standard InChI is InChI=1S/C27H48NO4P/c1-9-31-33(30,32-10-2)26(8)27(29)28-21-20-25(7)19-13-18-24(6)17-12-16-23(5)15-11-14-22(3)4/h14,16,18,20,26H,9-13,15,17,19,21H2,1-8H3,(H,28,29)/b23-16+,24-18+,25-20+. The highest BCUT2D eigenvalue weighted by Gasteiger charge is 2.37. The fraction of sp³-hybridized carbons (Fsp3) is 0.667. The summed E-state index contributed by atoms with van der Waals surface area (Å²) in [6.45, 7) is 16.7. The van der Waals surface area contributed by atoms with Crippen molar-refractivity contribution < 1.29 is 18.4 Å². The average Bonchev–Trinajstić information content (AvgIpc) is 2.73. The van der Waals surface area contributed by atoms with Crippen LogP contribution >= 0.6 is 7.60 Å². The largest absolute Gasteiger partial charge is 0.352 e. The first-order valence-electron chi connectivity index (χ1n) is 12.3. The number of nitrogens with one attached hydrogen (secondary N) is 1. The molecular formula is C27H48NO4P. The Bertz CT molecular complexity index is 735. The molecule has 0 radical (unpaired) electrons. The third-order valence-corrected chi connectivity index (χ3v) is 7.77. The lowest BCUT2D eigenvalue weighted by Gasteiger charge is -2.22. The van der Waals surface area contributed by atoms with Gasteiger partial charge in [0.15, 0.2) is 0 Å². The molecule has 0 aliphatic rings. The van der Waals surface area contributed by atoms with E-state index in [1.165, 1.54) is 22.3 Å². The molecule has 1 atom stereocenters. The summed E-state index contributed by atoms with van der Waals surface area (Å²) in [7, 11) is -3.43. The number of hydrogen-bond donors (Lipinski definition) is 1. The highest BCUT2D eigenvalue weighted by atomic mass is 31.2. The summed E-state index contributed by atoms with van der Waals surface area (Å²) in [5.41, 5.74) is 4.66. The number of carbonyl (C=O) groups excluding carboxylic acids is 1. The summed E-state index contributed by atoms with van der Waals surface area (Å²) in [4.78, 5) is 12.4. The van der Waals surface area contributed by atoms with Crippen LogP contribution in [0.1, 0.15) is 93.9 Å². The Morgan fingerprint density at radius 2 is 1.21 bits per heavy atom. The summed E-state index contributed by atoms with van der Waals surface area (Å²) in [6, 6.07) is 0. The Kier molecular flexibility index (Phi) is 17.2. The van der Waals surface area contributed by atoms with Crippen molar-refractivity contribution in [2.45, 2.75) is 99.6 Å². The second kappa shape index (κ2) is 18.0. The molecule has 0 fully saturated rings. The van der Waals surface area contributed by atoms with Gasteiger partial charge in [-0.15, -0.1) is 0 Å². The van der Waals surface area contributed by atoms with Crippen LogP contribution in [0, 0.1) is 0 Å². The monoisotopic (exact) mass is 481 g/mol. The van der Waals surface area contributed by atoms with E-state index < -0.39 is 13.3 Å². The van der Waals surface area contributed by atoms with Crippen molar-refractivity contribution >= 4 is 13.5 Å². The van der Waals surface area contributed by atoms with E-state index >= 15 is 0 Å². The van der Waals surface area contributed by atoms with E-state index in [0.717, 1.165) is 38.5 Å². The van der Waals surface area contributed by atoms with Gasteiger partial charge in [0.05, 0.1) is 13.2 Å². The normalized spacial score (nSPS) is 14.2. The molecule has 0 saturated carbocycles. The fourth-order valence-corrected chi connectivity index (χ4v) is 4.85. The lowest BCUT2D eigenvalue weighted by Crippen LogP contribution is -2.33. The molecule has 6 heteroatoms. The van der Waals surface area contributed by atoms with E-state index in [0.29, 0.717) is 6.54 Å². The van der Waals surface area contributed by atoms with Crippen molar-refractivity contribution in [1.82, 2.24) is 5.32 Å². The van der Waals surface area contributed by atoms with Gasteiger partial charge in [0.2, 0.25) is 5.91 Å². The van der Waals surface area contributed by atoms with Crippen LogP contribution in [0.15, 0.2) is 46.6 Å². The Balaban J connectivity index is 4.37. The molecule has 0 aliphatic carbocycles. The van der Waals surface area contributed by atoms with Crippen LogP contribution in [-0.4, -0.2) is 31.3 Å². The quantitative estimate of drug-likeness (QED) is 0.169. The summed E-state index contributed by atoms with van der Waals surface area (Å²) < 4.78 is 23.2. The van der Waals surface area contributed by atoms with Gasteiger partial charge in [-0.1, -0.05) is 46.6 Å². The Morgan fingerprint density at radius 3 is 1.64 bits per heavy atom. The third kappa shape index (κ3) is 15.2. The van der Waals surface area contributed by atoms with Crippen molar-refractivity contribution in [1.29, 1.82) is 0 Å². The molecule has 0 aromatic rings. The second-order valence-corrected chi connectivity index (χ2v) is 11.2. The molecule has 0 spiro atoms. The van der Waals surface area contributed by atoms with Crippen LogP contribution in [0.25, 0.3) is 0 Å². The van der Waals surface area contributed by atoms with Crippen LogP contribution in [0.3, 0.4) is 0 Å². The first-order chi connectivity index (χ1) is 15.6. The van der Waals surface area contributed by atoms with Crippen molar-refractivity contribution in [2.24, 2.45) is 0 Å². The van der Waals surface area contributed by atoms with Crippen LogP contribution in [0.5, 0.6) is 0 Å². The number of hydrogen-bond acceptors (Lipinski definition) is 4. The predicted octanol–water partition coefficient (Wildman–Crippen LogP) is 7.90. The van der Waals surface area contributed by atoms with Gasteiger partial charge in [0.1, 0.15) is 5.66 Å². The molecule has 0 aromatic heterocycles. The van der Waals surface area contributed by atoms with Crippen LogP contribution in [0.2, 0.25) is 0 Å². The van der Waals surface area contributed by atoms with Gasteiger partial charge in [0, 0.05) is 6.54 Å². The Labute approximate surface area is 203 Å². The Morgan fingerprint density at radius 1 is 0.788 bits per heavy atom. The lowest BCUT2D eigenvalue weighted by molar-refractivity contribution is -0.120. The molecule has 1 amide bonds. The van der Waals surface area contributed by atoms with Gasteiger partial charge in [-0.25, -0.2) is 0 Å². The second-order valence-electron chi connectivity index (χ2n) is 8.85. The Hall–Kier alpha value is -1.42. The highest BCUT2D eigenvalue weighted by molar-refractivity contribution is 7.55. The van der Waals surface area contributed by atoms with Crippen molar-refractivity contribution in [3.63, 3.8) is 0 Å². The number of carbonyl (C=O) groups is 1. The van der Waals surface area contributed by atoms with E-state index in [1.807, 2.05) is 6.08 Å². The predicted molar refractivity (Wildman–Crippen MR) is 142 cm³/mol. The minimum Gasteiger partial charge on any atom is -0.352 e. The van der Waals surface area contributed by atoms with E-state index in [-0.39, 0.29) is 19.1 Å². The van der Waals surface area contributed by atoms with Crippen molar-refractivity contribution in [3.8, 4) is 0 Å². The van der Waals surface area contributed by atoms with E-state index in [4.69, 9.17) is 9.05 Å². The molecule has 1 unspecified atom stereocenters. The molecule has 0 bridgehead atoms. The zero-order valence-electron chi connectivity index (χ0n) is 22.3.